The van der Waals surface area contributed by atoms with Crippen molar-refractivity contribution in [1.82, 2.24) is 49.4 Å². The Balaban J connectivity index is 3.11. The van der Waals surface area contributed by atoms with Crippen molar-refractivity contribution in [3.05, 3.63) is 24.5 Å². The van der Waals surface area contributed by atoms with E-state index in [4.69, 9.17) is 9.47 Å². The molecule has 0 saturated carbocycles. The van der Waals surface area contributed by atoms with E-state index in [0.717, 1.165) is 0 Å². The molecule has 564 valence electrons. The summed E-state index contributed by atoms with van der Waals surface area (Å²) in [5.41, 5.74) is 0. The lowest BCUT2D eigenvalue weighted by Gasteiger charge is -2.42. The lowest BCUT2D eigenvalue weighted by Crippen LogP contribution is -2.64. The zero-order valence-corrected chi connectivity index (χ0v) is 65.5. The molecule has 14 atom stereocenters. The fourth-order valence-corrected chi connectivity index (χ4v) is 13.6. The molecular weight excluding hydrogens is 1260 g/mol. The minimum absolute atomic E-state index is 0.00862. The number of hydrogen-bond acceptors (Lipinski definition) is 15. The highest BCUT2D eigenvalue weighted by atomic mass is 16.5. The fraction of sp³-hybridized carbons (Fsp3) is 0.787. The van der Waals surface area contributed by atoms with Gasteiger partial charge in [-0.25, -0.2) is 0 Å². The summed E-state index contributed by atoms with van der Waals surface area (Å²) in [6, 6.07) is -9.86. The summed E-state index contributed by atoms with van der Waals surface area (Å²) in [6.07, 6.45) is 2.70. The minimum atomic E-state index is -1.48. The SMILES string of the molecule is C=C(C)O[C@H]([C@H](C)C/C=C/C)[C@H]1C(=O)N[C@@H](CC)C(=O)N(C)[C@H](C)C(=O)N(C)[C@@H]([C@H](C)COCC(=O)N2CCN(C)CC2)C(=O)C[C@@H](C(C)C)C(=O)N(C)[C@@H](CC(C)C)C(=O)C[C@@H](C)C(=O)C[C@H](C)C(=O)N(C)[C@@H](CC(C)C)C(=O)N(C)[C@@H](CC(C)C)C(=O)N(C)[C@@H](C(C)C)C(=O)N1C. The quantitative estimate of drug-likeness (QED) is 0.0963. The average molecular weight is 1400 g/mol. The number of likely N-dealkylation sites (N-methyl/N-ethyl adjacent to an activating group) is 8. The van der Waals surface area contributed by atoms with Crippen molar-refractivity contribution >= 4 is 70.5 Å². The molecule has 0 aliphatic carbocycles. The third-order valence-electron chi connectivity index (χ3n) is 20.0. The zero-order valence-electron chi connectivity index (χ0n) is 65.5. The molecule has 2 heterocycles. The molecule has 2 rings (SSSR count). The Morgan fingerprint density at radius 2 is 1.01 bits per heavy atom. The summed E-state index contributed by atoms with van der Waals surface area (Å²) < 4.78 is 12.5. The molecule has 9 amide bonds. The summed E-state index contributed by atoms with van der Waals surface area (Å²) in [4.78, 5) is 192. The molecule has 99 heavy (non-hydrogen) atoms. The van der Waals surface area contributed by atoms with Crippen LogP contribution in [-0.4, -0.2) is 265 Å². The number of carbonyl (C=O) groups excluding carboxylic acids is 12. The molecule has 0 aromatic rings. The number of hydrogen-bond donors (Lipinski definition) is 1. The predicted molar refractivity (Wildman–Crippen MR) is 385 cm³/mol. The molecule has 1 N–H and O–H groups in total. The van der Waals surface area contributed by atoms with Crippen LogP contribution in [0.15, 0.2) is 24.5 Å². The monoisotopic (exact) mass is 1390 g/mol. The van der Waals surface area contributed by atoms with Crippen LogP contribution in [0, 0.1) is 59.2 Å². The Bertz CT molecular complexity index is 2800. The number of nitrogens with zero attached hydrogens (tertiary/aromatic N) is 9. The van der Waals surface area contributed by atoms with Crippen LogP contribution in [0.5, 0.6) is 0 Å². The van der Waals surface area contributed by atoms with Crippen LogP contribution in [0.1, 0.15) is 176 Å². The number of nitrogens with one attached hydrogen (secondary N) is 1. The molecule has 2 saturated heterocycles. The molecule has 2 aliphatic rings. The number of carbonyl (C=O) groups is 12. The number of rotatable bonds is 20. The first-order chi connectivity index (χ1) is 45.9. The third kappa shape index (κ3) is 24.9. The van der Waals surface area contributed by atoms with Gasteiger partial charge in [0.15, 0.2) is 11.6 Å². The first-order valence-electron chi connectivity index (χ1n) is 36.1. The minimum Gasteiger partial charge on any atom is -0.493 e. The van der Waals surface area contributed by atoms with Crippen molar-refractivity contribution < 1.29 is 67.0 Å². The maximum atomic E-state index is 15.6. The van der Waals surface area contributed by atoms with Gasteiger partial charge in [0.05, 0.1) is 24.4 Å². The predicted octanol–water partition coefficient (Wildman–Crippen LogP) is 6.87. The largest absolute Gasteiger partial charge is 0.493 e. The Hall–Kier alpha value is -6.56. The van der Waals surface area contributed by atoms with Crippen LogP contribution in [0.3, 0.4) is 0 Å². The van der Waals surface area contributed by atoms with Crippen LogP contribution < -0.4 is 5.32 Å². The van der Waals surface area contributed by atoms with Crippen molar-refractivity contribution in [3.8, 4) is 0 Å². The second-order valence-electron chi connectivity index (χ2n) is 30.7. The van der Waals surface area contributed by atoms with Crippen molar-refractivity contribution in [2.75, 3.05) is 95.8 Å². The van der Waals surface area contributed by atoms with Crippen molar-refractivity contribution in [1.29, 1.82) is 0 Å². The van der Waals surface area contributed by atoms with Crippen molar-refractivity contribution in [2.24, 2.45) is 59.2 Å². The van der Waals surface area contributed by atoms with Gasteiger partial charge in [-0.15, -0.1) is 0 Å². The Morgan fingerprint density at radius 1 is 0.535 bits per heavy atom. The number of piperazine rings is 1. The molecule has 24 heteroatoms. The summed E-state index contributed by atoms with van der Waals surface area (Å²) in [5, 5.41) is 2.91. The van der Waals surface area contributed by atoms with Gasteiger partial charge in [0.2, 0.25) is 53.2 Å². The molecule has 0 unspecified atom stereocenters. The van der Waals surface area contributed by atoms with Crippen LogP contribution in [-0.2, 0) is 67.0 Å². The molecule has 0 radical (unpaired) electrons. The van der Waals surface area contributed by atoms with Crippen molar-refractivity contribution in [2.45, 2.75) is 230 Å². The summed E-state index contributed by atoms with van der Waals surface area (Å²) >= 11 is 0. The van der Waals surface area contributed by atoms with Crippen LogP contribution in [0.25, 0.3) is 0 Å². The molecule has 2 aliphatic heterocycles. The summed E-state index contributed by atoms with van der Waals surface area (Å²) in [5.74, 6) is -11.8. The molecule has 0 aromatic carbocycles. The van der Waals surface area contributed by atoms with Gasteiger partial charge in [0.1, 0.15) is 54.7 Å². The lowest BCUT2D eigenvalue weighted by atomic mass is 9.83. The van der Waals surface area contributed by atoms with Crippen LogP contribution in [0.2, 0.25) is 0 Å². The number of amides is 9. The number of ether oxygens (including phenoxy) is 2. The molecule has 2 fully saturated rings. The van der Waals surface area contributed by atoms with E-state index in [0.29, 0.717) is 32.6 Å². The molecular formula is C75H130N10O14. The summed E-state index contributed by atoms with van der Waals surface area (Å²) in [6.45, 7) is 37.8. The standard InChI is InChI=1S/C75H130N10O14/c1-28-30-31-50(15)67(99-49(13)14)66-68(90)76-56(29-2)72(94)78(21)54(19)70(92)83(26)65(53(18)42-98-43-63(89)85-34-32-77(20)33-35-85)62(88)41-55(47(9)10)71(93)79(22)57(36-44(3)4)61(87)39-51(16)60(86)40-52(17)69(91)80(23)58(37-45(5)6)73(95)81(24)59(38-46(7)8)74(96)82(25)64(48(11)12)75(97)84(66)27/h28,30,44-48,50-59,64-67H,13,29,31-43H2,1-12,14-27H3,(H,76,90)/b30-28+/t50-,51-,52+,53-,54-,55+,56+,57+,58+,59+,64+,65+,66+,67-/m1/s1. The molecule has 0 aromatic heterocycles. The van der Waals surface area contributed by atoms with E-state index in [9.17, 15) is 19.2 Å². The van der Waals surface area contributed by atoms with E-state index in [-0.39, 0.29) is 93.4 Å². The first kappa shape index (κ1) is 88.5. The van der Waals surface area contributed by atoms with E-state index in [1.807, 2.05) is 74.6 Å². The molecule has 0 spiro atoms. The highest BCUT2D eigenvalue weighted by molar-refractivity contribution is 6.00. The van der Waals surface area contributed by atoms with E-state index < -0.39 is 155 Å². The van der Waals surface area contributed by atoms with Gasteiger partial charge in [0.25, 0.3) is 0 Å². The number of ketones is 3. The second-order valence-corrected chi connectivity index (χ2v) is 30.7. The lowest BCUT2D eigenvalue weighted by molar-refractivity contribution is -0.158. The number of Topliss-reactive ketones (excluding diaryl/α,β-unsaturated/α-hetero) is 3. The van der Waals surface area contributed by atoms with Gasteiger partial charge >= 0.3 is 0 Å². The highest BCUT2D eigenvalue weighted by Crippen LogP contribution is 2.31. The van der Waals surface area contributed by atoms with Gasteiger partial charge in [-0.1, -0.05) is 123 Å². The second kappa shape index (κ2) is 40.8. The van der Waals surface area contributed by atoms with Gasteiger partial charge < -0.3 is 58.9 Å². The maximum Gasteiger partial charge on any atom is 0.248 e. The van der Waals surface area contributed by atoms with Crippen LogP contribution in [0.4, 0.5) is 0 Å². The maximum absolute atomic E-state index is 15.6. The Morgan fingerprint density at radius 3 is 1.49 bits per heavy atom. The molecule has 24 nitrogen and oxygen atoms in total. The van der Waals surface area contributed by atoms with E-state index >= 15 is 38.4 Å². The average Bonchev–Trinajstić information content (AvgIpc) is 0.804. The smallest absolute Gasteiger partial charge is 0.248 e. The Labute approximate surface area is 594 Å². The van der Waals surface area contributed by atoms with E-state index in [1.165, 1.54) is 90.6 Å². The number of allylic oxidation sites excluding steroid dienone is 3. The van der Waals surface area contributed by atoms with Gasteiger partial charge in [-0.05, 0) is 95.4 Å². The van der Waals surface area contributed by atoms with Gasteiger partial charge in [0, 0.05) is 118 Å². The zero-order chi connectivity index (χ0) is 76.1. The first-order valence-corrected chi connectivity index (χ1v) is 36.1. The fourth-order valence-electron chi connectivity index (χ4n) is 13.6. The van der Waals surface area contributed by atoms with E-state index in [1.54, 1.807) is 67.2 Å². The third-order valence-corrected chi connectivity index (χ3v) is 20.0. The molecule has 0 bridgehead atoms. The van der Waals surface area contributed by atoms with E-state index in [2.05, 4.69) is 16.8 Å². The summed E-state index contributed by atoms with van der Waals surface area (Å²) in [7, 11) is 12.2. The highest BCUT2D eigenvalue weighted by Gasteiger charge is 2.47. The van der Waals surface area contributed by atoms with Gasteiger partial charge in [-0.2, -0.15) is 0 Å². The Kier molecular flexibility index (Phi) is 36.5. The van der Waals surface area contributed by atoms with Gasteiger partial charge in [-0.3, -0.25) is 57.5 Å². The normalized spacial score (nSPS) is 27.1. The topological polar surface area (TPSA) is 264 Å². The van der Waals surface area contributed by atoms with Crippen molar-refractivity contribution in [3.63, 3.8) is 0 Å². The van der Waals surface area contributed by atoms with Crippen LogP contribution >= 0.6 is 0 Å².